The number of fused-ring (bicyclic) bond motifs is 1. The molecule has 2 aliphatic rings. The van der Waals surface area contributed by atoms with E-state index in [9.17, 15) is 14.7 Å². The molecule has 1 amide bonds. The van der Waals surface area contributed by atoms with Crippen LogP contribution >= 0.6 is 0 Å². The van der Waals surface area contributed by atoms with Gasteiger partial charge in [0.25, 0.3) is 0 Å². The first-order valence-electron chi connectivity index (χ1n) is 15.4. The lowest BCUT2D eigenvalue weighted by molar-refractivity contribution is -0.132. The number of oxazole rings is 1. The first-order valence-corrected chi connectivity index (χ1v) is 15.4. The Kier molecular flexibility index (Phi) is 10.4. The standard InChI is InChI=1S/C33H43N5O5/c1-3-4-33(41)38-15-10-26(11-16-38)36-32-17-24(9-13-35-32)30(40)7-6-27(39)20-37-14-12-29-23(2)31(8-5-25(29)19-37)42-21-28-18-34-22-43-28/h5,8-9,13,17-18,22,26-27,39H,3-4,6-7,10-12,14-16,19-21H2,1-2H3,(H,35,36)/t27-/m0/s1. The number of aliphatic hydroxyl groups excluding tert-OH is 1. The molecule has 2 aromatic heterocycles. The van der Waals surface area contributed by atoms with Crippen LogP contribution in [0.1, 0.15) is 78.3 Å². The third kappa shape index (κ3) is 8.20. The minimum Gasteiger partial charge on any atom is -0.485 e. The normalized spacial score (nSPS) is 16.5. The molecule has 0 bridgehead atoms. The van der Waals surface area contributed by atoms with Crippen LogP contribution in [-0.2, 0) is 24.4 Å². The van der Waals surface area contributed by atoms with Crippen molar-refractivity contribution < 1.29 is 23.8 Å². The van der Waals surface area contributed by atoms with Crippen LogP contribution in [0.2, 0.25) is 0 Å². The summed E-state index contributed by atoms with van der Waals surface area (Å²) in [6, 6.07) is 7.86. The van der Waals surface area contributed by atoms with E-state index in [2.05, 4.69) is 33.2 Å². The topological polar surface area (TPSA) is 121 Å². The quantitative estimate of drug-likeness (QED) is 0.277. The lowest BCUT2D eigenvalue weighted by Crippen LogP contribution is -2.42. The largest absolute Gasteiger partial charge is 0.485 e. The number of benzene rings is 1. The highest BCUT2D eigenvalue weighted by Gasteiger charge is 2.24. The predicted octanol–water partition coefficient (Wildman–Crippen LogP) is 4.54. The number of rotatable bonds is 13. The maximum absolute atomic E-state index is 13.0. The van der Waals surface area contributed by atoms with E-state index in [-0.39, 0.29) is 24.2 Å². The summed E-state index contributed by atoms with van der Waals surface area (Å²) in [4.78, 5) is 37.7. The minimum atomic E-state index is -0.587. The molecular weight excluding hydrogens is 546 g/mol. The van der Waals surface area contributed by atoms with Gasteiger partial charge in [-0.05, 0) is 73.9 Å². The lowest BCUT2D eigenvalue weighted by atomic mass is 9.94. The molecule has 0 unspecified atom stereocenters. The summed E-state index contributed by atoms with van der Waals surface area (Å²) in [5, 5.41) is 14.2. The SMILES string of the molecule is CCCC(=O)N1CCC(Nc2cc(C(=O)CC[C@H](O)CN3CCc4c(ccc(OCc5cnco5)c4C)C3)ccn2)CC1. The molecule has 10 heteroatoms. The van der Waals surface area contributed by atoms with Gasteiger partial charge < -0.3 is 24.5 Å². The van der Waals surface area contributed by atoms with Gasteiger partial charge in [-0.1, -0.05) is 13.0 Å². The van der Waals surface area contributed by atoms with E-state index in [0.29, 0.717) is 43.1 Å². The Bertz CT molecular complexity index is 1370. The molecule has 1 atom stereocenters. The van der Waals surface area contributed by atoms with Crippen molar-refractivity contribution in [3.05, 3.63) is 71.1 Å². The molecule has 1 saturated heterocycles. The number of amides is 1. The van der Waals surface area contributed by atoms with Crippen LogP contribution in [0, 0.1) is 6.92 Å². The van der Waals surface area contributed by atoms with Crippen LogP contribution in [-0.4, -0.2) is 74.9 Å². The van der Waals surface area contributed by atoms with Gasteiger partial charge in [0.1, 0.15) is 18.2 Å². The molecule has 5 rings (SSSR count). The molecule has 10 nitrogen and oxygen atoms in total. The van der Waals surface area contributed by atoms with Gasteiger partial charge in [0.15, 0.2) is 17.9 Å². The predicted molar refractivity (Wildman–Crippen MR) is 163 cm³/mol. The van der Waals surface area contributed by atoms with Gasteiger partial charge >= 0.3 is 0 Å². The Balaban J connectivity index is 1.06. The molecule has 0 saturated carbocycles. The smallest absolute Gasteiger partial charge is 0.222 e. The molecule has 1 fully saturated rings. The van der Waals surface area contributed by atoms with Crippen molar-refractivity contribution in [1.29, 1.82) is 0 Å². The second kappa shape index (κ2) is 14.6. The molecule has 0 aliphatic carbocycles. The zero-order valence-electron chi connectivity index (χ0n) is 25.3. The number of anilines is 1. The van der Waals surface area contributed by atoms with E-state index >= 15 is 0 Å². The number of aromatic nitrogens is 2. The molecule has 1 aromatic carbocycles. The lowest BCUT2D eigenvalue weighted by Gasteiger charge is -2.32. The van der Waals surface area contributed by atoms with Crippen LogP contribution in [0.5, 0.6) is 5.75 Å². The van der Waals surface area contributed by atoms with Gasteiger partial charge in [0, 0.05) is 63.4 Å². The van der Waals surface area contributed by atoms with Crippen molar-refractivity contribution >= 4 is 17.5 Å². The Morgan fingerprint density at radius 3 is 2.79 bits per heavy atom. The Morgan fingerprint density at radius 1 is 1.19 bits per heavy atom. The van der Waals surface area contributed by atoms with Gasteiger partial charge in [-0.15, -0.1) is 0 Å². The van der Waals surface area contributed by atoms with Crippen molar-refractivity contribution in [2.24, 2.45) is 0 Å². The fourth-order valence-electron chi connectivity index (χ4n) is 6.02. The van der Waals surface area contributed by atoms with Crippen LogP contribution in [0.15, 0.2) is 47.5 Å². The number of pyridine rings is 1. The summed E-state index contributed by atoms with van der Waals surface area (Å²) in [5.41, 5.74) is 4.29. The van der Waals surface area contributed by atoms with Gasteiger partial charge in [-0.2, -0.15) is 0 Å². The number of Topliss-reactive ketones (excluding diaryl/α,β-unsaturated/α-hetero) is 1. The number of ether oxygens (including phenoxy) is 1. The third-order valence-electron chi connectivity index (χ3n) is 8.49. The highest BCUT2D eigenvalue weighted by molar-refractivity contribution is 5.96. The molecule has 0 spiro atoms. The van der Waals surface area contributed by atoms with Crippen molar-refractivity contribution in [2.45, 2.75) is 84.1 Å². The molecular formula is C33H43N5O5. The van der Waals surface area contributed by atoms with E-state index in [0.717, 1.165) is 63.2 Å². The summed E-state index contributed by atoms with van der Waals surface area (Å²) in [6.45, 7) is 8.07. The molecule has 0 radical (unpaired) electrons. The van der Waals surface area contributed by atoms with Crippen molar-refractivity contribution in [3.8, 4) is 5.75 Å². The number of hydrogen-bond donors (Lipinski definition) is 2. The third-order valence-corrected chi connectivity index (χ3v) is 8.49. The van der Waals surface area contributed by atoms with Gasteiger partial charge in [-0.25, -0.2) is 9.97 Å². The van der Waals surface area contributed by atoms with Crippen LogP contribution in [0.25, 0.3) is 0 Å². The number of β-amino-alcohol motifs (C(OH)–C–C–N with tert-alkyl or cyclic N) is 1. The molecule has 4 heterocycles. The van der Waals surface area contributed by atoms with E-state index < -0.39 is 6.10 Å². The van der Waals surface area contributed by atoms with Crippen molar-refractivity contribution in [3.63, 3.8) is 0 Å². The zero-order valence-corrected chi connectivity index (χ0v) is 25.3. The maximum Gasteiger partial charge on any atom is 0.222 e. The van der Waals surface area contributed by atoms with E-state index in [1.807, 2.05) is 17.9 Å². The summed E-state index contributed by atoms with van der Waals surface area (Å²) in [7, 11) is 0. The summed E-state index contributed by atoms with van der Waals surface area (Å²) in [5.74, 6) is 2.44. The summed E-state index contributed by atoms with van der Waals surface area (Å²) in [6.07, 6.45) is 8.89. The average Bonchev–Trinajstić information content (AvgIpc) is 3.54. The second-order valence-corrected chi connectivity index (χ2v) is 11.7. The van der Waals surface area contributed by atoms with E-state index in [1.165, 1.54) is 17.5 Å². The van der Waals surface area contributed by atoms with Gasteiger partial charge in [0.2, 0.25) is 5.91 Å². The molecule has 43 heavy (non-hydrogen) atoms. The van der Waals surface area contributed by atoms with Crippen LogP contribution in [0.4, 0.5) is 5.82 Å². The number of carbonyl (C=O) groups is 2. The first-order chi connectivity index (χ1) is 20.9. The Hall–Kier alpha value is -3.76. The zero-order chi connectivity index (χ0) is 30.2. The molecule has 2 aliphatic heterocycles. The molecule has 2 N–H and O–H groups in total. The summed E-state index contributed by atoms with van der Waals surface area (Å²) < 4.78 is 11.2. The van der Waals surface area contributed by atoms with Crippen molar-refractivity contribution in [1.82, 2.24) is 19.8 Å². The minimum absolute atomic E-state index is 0.00181. The molecule has 230 valence electrons. The number of hydrogen-bond acceptors (Lipinski definition) is 9. The highest BCUT2D eigenvalue weighted by atomic mass is 16.5. The van der Waals surface area contributed by atoms with E-state index in [1.54, 1.807) is 24.5 Å². The fourth-order valence-corrected chi connectivity index (χ4v) is 6.02. The first kappa shape index (κ1) is 30.7. The Morgan fingerprint density at radius 2 is 2.02 bits per heavy atom. The van der Waals surface area contributed by atoms with Crippen LogP contribution < -0.4 is 10.1 Å². The summed E-state index contributed by atoms with van der Waals surface area (Å²) >= 11 is 0. The fraction of sp³-hybridized carbons (Fsp3) is 0.515. The number of nitrogens with one attached hydrogen (secondary N) is 1. The highest BCUT2D eigenvalue weighted by Crippen LogP contribution is 2.30. The van der Waals surface area contributed by atoms with E-state index in [4.69, 9.17) is 9.15 Å². The van der Waals surface area contributed by atoms with Crippen LogP contribution in [0.3, 0.4) is 0 Å². The average molecular weight is 590 g/mol. The maximum atomic E-state index is 13.0. The number of aliphatic hydroxyl groups is 1. The van der Waals surface area contributed by atoms with Crippen molar-refractivity contribution in [2.75, 3.05) is 31.5 Å². The van der Waals surface area contributed by atoms with Gasteiger partial charge in [-0.3, -0.25) is 14.5 Å². The number of nitrogens with zero attached hydrogens (tertiary/aromatic N) is 4. The Labute approximate surface area is 253 Å². The monoisotopic (exact) mass is 589 g/mol. The number of ketones is 1. The second-order valence-electron chi connectivity index (χ2n) is 11.7. The van der Waals surface area contributed by atoms with Gasteiger partial charge in [0.05, 0.1) is 12.3 Å². The number of likely N-dealkylation sites (tertiary alicyclic amines) is 1. The number of carbonyl (C=O) groups excluding carboxylic acids is 2. The molecule has 3 aromatic rings. The number of piperidine rings is 1.